The van der Waals surface area contributed by atoms with E-state index in [2.05, 4.69) is 24.4 Å². The Labute approximate surface area is 102 Å². The van der Waals surface area contributed by atoms with Crippen LogP contribution in [0.15, 0.2) is 24.3 Å². The van der Waals surface area contributed by atoms with Gasteiger partial charge in [0.2, 0.25) is 0 Å². The van der Waals surface area contributed by atoms with Crippen molar-refractivity contribution in [3.05, 3.63) is 24.3 Å². The van der Waals surface area contributed by atoms with E-state index in [9.17, 15) is 0 Å². The maximum Gasteiger partial charge on any atom is 0.142 e. The van der Waals surface area contributed by atoms with E-state index in [1.54, 1.807) is 0 Å². The fraction of sp³-hybridized carbons (Fsp3) is 0.538. The lowest BCUT2D eigenvalue weighted by molar-refractivity contribution is 0.318. The highest BCUT2D eigenvalue weighted by Crippen LogP contribution is 2.28. The van der Waals surface area contributed by atoms with Gasteiger partial charge in [-0.15, -0.1) is 0 Å². The van der Waals surface area contributed by atoms with Crippen molar-refractivity contribution in [2.24, 2.45) is 0 Å². The molecule has 0 amide bonds. The predicted molar refractivity (Wildman–Crippen MR) is 71.6 cm³/mol. The van der Waals surface area contributed by atoms with Gasteiger partial charge in [0, 0.05) is 11.8 Å². The van der Waals surface area contributed by atoms with Gasteiger partial charge in [0.1, 0.15) is 5.75 Å². The summed E-state index contributed by atoms with van der Waals surface area (Å²) in [5.74, 6) is 3.47. The zero-order valence-corrected chi connectivity index (χ0v) is 10.6. The zero-order valence-electron chi connectivity index (χ0n) is 9.74. The van der Waals surface area contributed by atoms with Gasteiger partial charge in [0.15, 0.2) is 0 Å². The smallest absolute Gasteiger partial charge is 0.142 e. The minimum absolute atomic E-state index is 0.608. The van der Waals surface area contributed by atoms with Crippen molar-refractivity contribution in [2.75, 3.05) is 23.4 Å². The van der Waals surface area contributed by atoms with Crippen LogP contribution in [0.3, 0.4) is 0 Å². The van der Waals surface area contributed by atoms with Crippen LogP contribution in [-0.2, 0) is 0 Å². The molecule has 16 heavy (non-hydrogen) atoms. The lowest BCUT2D eigenvalue weighted by Crippen LogP contribution is -2.18. The van der Waals surface area contributed by atoms with Crippen molar-refractivity contribution in [3.8, 4) is 5.75 Å². The number of hydrogen-bond acceptors (Lipinski definition) is 3. The summed E-state index contributed by atoms with van der Waals surface area (Å²) < 4.78 is 5.73. The molecule has 1 atom stereocenters. The molecule has 1 aliphatic rings. The number of rotatable bonds is 5. The summed E-state index contributed by atoms with van der Waals surface area (Å²) in [6, 6.07) is 8.84. The molecule has 1 unspecified atom stereocenters. The van der Waals surface area contributed by atoms with Crippen LogP contribution in [0.25, 0.3) is 0 Å². The highest BCUT2D eigenvalue weighted by molar-refractivity contribution is 7.99. The second-order valence-electron chi connectivity index (χ2n) is 4.05. The summed E-state index contributed by atoms with van der Waals surface area (Å²) in [4.78, 5) is 0. The number of nitrogens with one attached hydrogen (secondary N) is 1. The molecule has 1 N–H and O–H groups in total. The molecule has 0 bridgehead atoms. The van der Waals surface area contributed by atoms with Crippen molar-refractivity contribution < 1.29 is 4.74 Å². The molecule has 1 saturated heterocycles. The van der Waals surface area contributed by atoms with Crippen LogP contribution in [0.1, 0.15) is 19.8 Å². The summed E-state index contributed by atoms with van der Waals surface area (Å²) in [7, 11) is 0. The quantitative estimate of drug-likeness (QED) is 0.848. The SMILES string of the molecule is CCCOc1ccccc1NC1CCSC1. The Bertz CT molecular complexity index is 323. The van der Waals surface area contributed by atoms with Crippen LogP contribution in [-0.4, -0.2) is 24.2 Å². The van der Waals surface area contributed by atoms with Gasteiger partial charge in [-0.1, -0.05) is 19.1 Å². The second kappa shape index (κ2) is 6.04. The summed E-state index contributed by atoms with van der Waals surface area (Å²) in [5, 5.41) is 3.57. The molecule has 0 saturated carbocycles. The number of hydrogen-bond donors (Lipinski definition) is 1. The number of anilines is 1. The van der Waals surface area contributed by atoms with E-state index in [4.69, 9.17) is 4.74 Å². The number of benzene rings is 1. The maximum absolute atomic E-state index is 5.73. The molecule has 0 spiro atoms. The zero-order chi connectivity index (χ0) is 11.2. The Morgan fingerprint density at radius 3 is 3.06 bits per heavy atom. The Balaban J connectivity index is 2.00. The first kappa shape index (κ1) is 11.6. The Morgan fingerprint density at radius 2 is 2.31 bits per heavy atom. The standard InChI is InChI=1S/C13H19NOS/c1-2-8-15-13-6-4-3-5-12(13)14-11-7-9-16-10-11/h3-6,11,14H,2,7-10H2,1H3. The highest BCUT2D eigenvalue weighted by Gasteiger charge is 2.16. The van der Waals surface area contributed by atoms with E-state index in [1.165, 1.54) is 17.9 Å². The van der Waals surface area contributed by atoms with Crippen molar-refractivity contribution in [2.45, 2.75) is 25.8 Å². The molecule has 2 nitrogen and oxygen atoms in total. The van der Waals surface area contributed by atoms with Crippen molar-refractivity contribution >= 4 is 17.4 Å². The predicted octanol–water partition coefficient (Wildman–Crippen LogP) is 3.39. The molecule has 2 rings (SSSR count). The summed E-state index contributed by atoms with van der Waals surface area (Å²) in [6.07, 6.45) is 2.31. The third-order valence-corrected chi connectivity index (χ3v) is 3.80. The fourth-order valence-electron chi connectivity index (χ4n) is 1.79. The van der Waals surface area contributed by atoms with Crippen LogP contribution < -0.4 is 10.1 Å². The lowest BCUT2D eigenvalue weighted by Gasteiger charge is -2.16. The van der Waals surface area contributed by atoms with Crippen LogP contribution in [0.2, 0.25) is 0 Å². The molecular formula is C13H19NOS. The van der Waals surface area contributed by atoms with E-state index in [0.717, 1.165) is 24.5 Å². The second-order valence-corrected chi connectivity index (χ2v) is 5.20. The molecule has 1 fully saturated rings. The van der Waals surface area contributed by atoms with Gasteiger partial charge in [-0.25, -0.2) is 0 Å². The molecule has 3 heteroatoms. The first-order chi connectivity index (χ1) is 7.90. The molecule has 0 radical (unpaired) electrons. The van der Waals surface area contributed by atoms with Crippen LogP contribution in [0.5, 0.6) is 5.75 Å². The molecule has 0 aliphatic carbocycles. The average Bonchev–Trinajstić information content (AvgIpc) is 2.81. The average molecular weight is 237 g/mol. The molecule has 0 aromatic heterocycles. The molecular weight excluding hydrogens is 218 g/mol. The van der Waals surface area contributed by atoms with Crippen LogP contribution in [0, 0.1) is 0 Å². The van der Waals surface area contributed by atoms with E-state index < -0.39 is 0 Å². The van der Waals surface area contributed by atoms with Gasteiger partial charge in [0.05, 0.1) is 12.3 Å². The van der Waals surface area contributed by atoms with Gasteiger partial charge in [-0.2, -0.15) is 11.8 Å². The molecule has 1 heterocycles. The number of ether oxygens (including phenoxy) is 1. The van der Waals surface area contributed by atoms with E-state index >= 15 is 0 Å². The van der Waals surface area contributed by atoms with Crippen molar-refractivity contribution in [3.63, 3.8) is 0 Å². The van der Waals surface area contributed by atoms with Crippen LogP contribution in [0.4, 0.5) is 5.69 Å². The third-order valence-electron chi connectivity index (χ3n) is 2.64. The maximum atomic E-state index is 5.73. The highest BCUT2D eigenvalue weighted by atomic mass is 32.2. The van der Waals surface area contributed by atoms with E-state index in [1.807, 2.05) is 23.9 Å². The lowest BCUT2D eigenvalue weighted by atomic mass is 10.2. The normalized spacial score (nSPS) is 19.7. The fourth-order valence-corrected chi connectivity index (χ4v) is 2.94. The summed E-state index contributed by atoms with van der Waals surface area (Å²) >= 11 is 2.02. The van der Waals surface area contributed by atoms with Crippen LogP contribution >= 0.6 is 11.8 Å². The monoisotopic (exact) mass is 237 g/mol. The van der Waals surface area contributed by atoms with E-state index in [-0.39, 0.29) is 0 Å². The molecule has 1 aromatic carbocycles. The Hall–Kier alpha value is -0.830. The molecule has 88 valence electrons. The Kier molecular flexibility index (Phi) is 4.40. The van der Waals surface area contributed by atoms with Gasteiger partial charge >= 0.3 is 0 Å². The number of thioether (sulfide) groups is 1. The number of para-hydroxylation sites is 2. The van der Waals surface area contributed by atoms with Gasteiger partial charge in [-0.3, -0.25) is 0 Å². The van der Waals surface area contributed by atoms with Gasteiger partial charge < -0.3 is 10.1 Å². The first-order valence-corrected chi connectivity index (χ1v) is 7.11. The minimum atomic E-state index is 0.608. The van der Waals surface area contributed by atoms with Gasteiger partial charge in [-0.05, 0) is 30.7 Å². The largest absolute Gasteiger partial charge is 0.491 e. The summed E-state index contributed by atoms with van der Waals surface area (Å²) in [5.41, 5.74) is 1.14. The summed E-state index contributed by atoms with van der Waals surface area (Å²) in [6.45, 7) is 2.92. The van der Waals surface area contributed by atoms with Crippen molar-refractivity contribution in [1.82, 2.24) is 0 Å². The van der Waals surface area contributed by atoms with E-state index in [0.29, 0.717) is 6.04 Å². The molecule has 1 aliphatic heterocycles. The third kappa shape index (κ3) is 3.08. The Morgan fingerprint density at radius 1 is 1.44 bits per heavy atom. The minimum Gasteiger partial charge on any atom is -0.491 e. The van der Waals surface area contributed by atoms with Gasteiger partial charge in [0.25, 0.3) is 0 Å². The first-order valence-electron chi connectivity index (χ1n) is 5.96. The molecule has 1 aromatic rings. The topological polar surface area (TPSA) is 21.3 Å². The van der Waals surface area contributed by atoms with Crippen molar-refractivity contribution in [1.29, 1.82) is 0 Å².